The van der Waals surface area contributed by atoms with Crippen LogP contribution in [0.3, 0.4) is 0 Å². The smallest absolute Gasteiger partial charge is 0.255 e. The Bertz CT molecular complexity index is 724. The molecule has 9 heteroatoms. The van der Waals surface area contributed by atoms with Gasteiger partial charge in [0.1, 0.15) is 11.7 Å². The van der Waals surface area contributed by atoms with Gasteiger partial charge in [-0.15, -0.1) is 0 Å². The van der Waals surface area contributed by atoms with Crippen LogP contribution in [0.1, 0.15) is 43.0 Å². The Morgan fingerprint density at radius 2 is 2.12 bits per heavy atom. The van der Waals surface area contributed by atoms with E-state index in [-0.39, 0.29) is 18.5 Å². The van der Waals surface area contributed by atoms with Gasteiger partial charge in [-0.3, -0.25) is 19.7 Å². The number of unbranched alkanes of at least 4 members (excludes halogenated alkanes) is 1. The number of halogens is 2. The Balaban J connectivity index is 2.23. The fourth-order valence-corrected chi connectivity index (χ4v) is 2.58. The Morgan fingerprint density at radius 1 is 1.38 bits per heavy atom. The maximum atomic E-state index is 14.6. The summed E-state index contributed by atoms with van der Waals surface area (Å²) in [6, 6.07) is -0.233. The number of ether oxygens (including phenoxy) is 1. The Labute approximate surface area is 149 Å². The quantitative estimate of drug-likeness (QED) is 0.502. The molecule has 1 unspecified atom stereocenters. The second-order valence-corrected chi connectivity index (χ2v) is 5.89. The van der Waals surface area contributed by atoms with E-state index in [2.05, 4.69) is 16.0 Å². The molecule has 1 aliphatic heterocycles. The first-order chi connectivity index (χ1) is 12.4. The number of nitrogens with one attached hydrogen (secondary N) is 3. The first-order valence-corrected chi connectivity index (χ1v) is 8.33. The maximum absolute atomic E-state index is 14.6. The molecule has 3 N–H and O–H groups in total. The molecule has 2 rings (SSSR count). The Morgan fingerprint density at radius 3 is 2.73 bits per heavy atom. The molecule has 7 nitrogen and oxygen atoms in total. The van der Waals surface area contributed by atoms with Gasteiger partial charge in [0, 0.05) is 13.0 Å². The molecule has 1 saturated heterocycles. The molecule has 1 heterocycles. The largest absolute Gasteiger partial charge is 0.491 e. The molecule has 0 aromatic heterocycles. The number of piperidine rings is 1. The number of methoxy groups -OCH3 is 1. The van der Waals surface area contributed by atoms with Crippen molar-refractivity contribution < 1.29 is 27.9 Å². The number of carbonyl (C=O) groups is 3. The maximum Gasteiger partial charge on any atom is 0.255 e. The number of carbonyl (C=O) groups excluding carboxylic acids is 3. The molecule has 0 saturated carbocycles. The van der Waals surface area contributed by atoms with Crippen molar-refractivity contribution in [3.8, 4) is 5.75 Å². The zero-order valence-corrected chi connectivity index (χ0v) is 14.6. The Kier molecular flexibility index (Phi) is 6.48. The lowest BCUT2D eigenvalue weighted by molar-refractivity contribution is -0.134. The molecule has 0 radical (unpaired) electrons. The summed E-state index contributed by atoms with van der Waals surface area (Å²) in [5, 5.41) is 7.15. The highest BCUT2D eigenvalue weighted by Crippen LogP contribution is 2.33. The molecule has 1 aromatic carbocycles. The monoisotopic (exact) mass is 369 g/mol. The van der Waals surface area contributed by atoms with E-state index in [0.29, 0.717) is 6.54 Å². The highest BCUT2D eigenvalue weighted by Gasteiger charge is 2.30. The lowest BCUT2D eigenvalue weighted by atomic mass is 10.0. The zero-order chi connectivity index (χ0) is 19.3. The normalized spacial score (nSPS) is 16.8. The minimum atomic E-state index is -1.03. The second-order valence-electron chi connectivity index (χ2n) is 5.89. The van der Waals surface area contributed by atoms with Gasteiger partial charge in [-0.05, 0) is 18.9 Å². The Hall–Kier alpha value is -2.71. The summed E-state index contributed by atoms with van der Waals surface area (Å²) in [5.74, 6) is -4.36. The van der Waals surface area contributed by atoms with E-state index in [1.54, 1.807) is 0 Å². The van der Waals surface area contributed by atoms with Crippen molar-refractivity contribution in [2.75, 3.05) is 19.0 Å². The molecule has 26 heavy (non-hydrogen) atoms. The van der Waals surface area contributed by atoms with Crippen molar-refractivity contribution in [2.24, 2.45) is 0 Å². The number of rotatable bonds is 7. The summed E-state index contributed by atoms with van der Waals surface area (Å²) in [6.07, 6.45) is 1.76. The summed E-state index contributed by atoms with van der Waals surface area (Å²) in [5.41, 5.74) is -0.735. The molecule has 1 aromatic rings. The summed E-state index contributed by atoms with van der Waals surface area (Å²) >= 11 is 0. The molecule has 1 aliphatic rings. The van der Waals surface area contributed by atoms with Gasteiger partial charge in [0.25, 0.3) is 5.91 Å². The van der Waals surface area contributed by atoms with Crippen LogP contribution in [-0.2, 0) is 9.59 Å². The molecule has 3 amide bonds. The standard InChI is InChI=1S/C17H21F2N3O4/c1-3-4-7-20-14-10(18)8-9(13(19)15(14)26-2)16(24)21-11-5-6-12(23)22-17(11)25/h8,11,20H,3-7H2,1-2H3,(H,21,24)(H,22,23,25). The van der Waals surface area contributed by atoms with Gasteiger partial charge >= 0.3 is 0 Å². The third kappa shape index (κ3) is 4.27. The summed E-state index contributed by atoms with van der Waals surface area (Å²) in [4.78, 5) is 35.1. The fraction of sp³-hybridized carbons (Fsp3) is 0.471. The first kappa shape index (κ1) is 19.6. The van der Waals surface area contributed by atoms with Crippen molar-refractivity contribution in [1.29, 1.82) is 0 Å². The van der Waals surface area contributed by atoms with E-state index >= 15 is 0 Å². The predicted molar refractivity (Wildman–Crippen MR) is 89.9 cm³/mol. The average molecular weight is 369 g/mol. The molecular weight excluding hydrogens is 348 g/mol. The van der Waals surface area contributed by atoms with E-state index in [1.165, 1.54) is 7.11 Å². The minimum absolute atomic E-state index is 0.0527. The molecule has 0 spiro atoms. The molecule has 1 atom stereocenters. The lowest BCUT2D eigenvalue weighted by Crippen LogP contribution is -2.52. The number of anilines is 1. The zero-order valence-electron chi connectivity index (χ0n) is 14.6. The molecule has 0 aliphatic carbocycles. The van der Waals surface area contributed by atoms with Crippen molar-refractivity contribution in [3.05, 3.63) is 23.3 Å². The van der Waals surface area contributed by atoms with Crippen LogP contribution in [-0.4, -0.2) is 37.4 Å². The number of imide groups is 1. The highest BCUT2D eigenvalue weighted by atomic mass is 19.1. The van der Waals surface area contributed by atoms with Crippen LogP contribution in [0.5, 0.6) is 5.75 Å². The van der Waals surface area contributed by atoms with Crippen molar-refractivity contribution in [3.63, 3.8) is 0 Å². The third-order valence-electron chi connectivity index (χ3n) is 4.00. The van der Waals surface area contributed by atoms with Gasteiger partial charge in [-0.25, -0.2) is 8.78 Å². The lowest BCUT2D eigenvalue weighted by Gasteiger charge is -2.22. The third-order valence-corrected chi connectivity index (χ3v) is 4.00. The number of amides is 3. The molecule has 0 bridgehead atoms. The van der Waals surface area contributed by atoms with Gasteiger partial charge in [-0.2, -0.15) is 0 Å². The van der Waals surface area contributed by atoms with Gasteiger partial charge in [0.2, 0.25) is 11.8 Å². The number of hydrogen-bond donors (Lipinski definition) is 3. The van der Waals surface area contributed by atoms with Crippen molar-refractivity contribution in [2.45, 2.75) is 38.6 Å². The van der Waals surface area contributed by atoms with E-state index in [4.69, 9.17) is 4.74 Å². The van der Waals surface area contributed by atoms with E-state index < -0.39 is 46.7 Å². The van der Waals surface area contributed by atoms with Crippen molar-refractivity contribution >= 4 is 23.4 Å². The van der Waals surface area contributed by atoms with Crippen LogP contribution in [0, 0.1) is 11.6 Å². The van der Waals surface area contributed by atoms with Crippen LogP contribution in [0.4, 0.5) is 14.5 Å². The van der Waals surface area contributed by atoms with Gasteiger partial charge < -0.3 is 15.4 Å². The van der Waals surface area contributed by atoms with Gasteiger partial charge in [-0.1, -0.05) is 13.3 Å². The van der Waals surface area contributed by atoms with E-state index in [0.717, 1.165) is 18.9 Å². The first-order valence-electron chi connectivity index (χ1n) is 8.33. The number of hydrogen-bond acceptors (Lipinski definition) is 5. The topological polar surface area (TPSA) is 96.5 Å². The SMILES string of the molecule is CCCCNc1c(F)cc(C(=O)NC2CCC(=O)NC2=O)c(F)c1OC. The van der Waals surface area contributed by atoms with E-state index in [1.807, 2.05) is 6.92 Å². The van der Waals surface area contributed by atoms with Crippen LogP contribution in [0.2, 0.25) is 0 Å². The van der Waals surface area contributed by atoms with Gasteiger partial charge in [0.05, 0.1) is 12.7 Å². The predicted octanol–water partition coefficient (Wildman–Crippen LogP) is 1.72. The van der Waals surface area contributed by atoms with Crippen LogP contribution in [0.25, 0.3) is 0 Å². The van der Waals surface area contributed by atoms with Gasteiger partial charge in [0.15, 0.2) is 17.4 Å². The molecule has 142 valence electrons. The highest BCUT2D eigenvalue weighted by molar-refractivity contribution is 6.04. The minimum Gasteiger partial charge on any atom is -0.491 e. The summed E-state index contributed by atoms with van der Waals surface area (Å²) in [7, 11) is 1.17. The number of benzene rings is 1. The van der Waals surface area contributed by atoms with Crippen LogP contribution >= 0.6 is 0 Å². The second kappa shape index (κ2) is 8.59. The summed E-state index contributed by atoms with van der Waals surface area (Å²) < 4.78 is 33.9. The molecule has 1 fully saturated rings. The van der Waals surface area contributed by atoms with Crippen LogP contribution < -0.4 is 20.7 Å². The summed E-state index contributed by atoms with van der Waals surface area (Å²) in [6.45, 7) is 2.38. The van der Waals surface area contributed by atoms with E-state index in [9.17, 15) is 23.2 Å². The average Bonchev–Trinajstić information content (AvgIpc) is 2.60. The van der Waals surface area contributed by atoms with Crippen molar-refractivity contribution in [1.82, 2.24) is 10.6 Å². The fourth-order valence-electron chi connectivity index (χ4n) is 2.58. The molecular formula is C17H21F2N3O4. The van der Waals surface area contributed by atoms with Crippen LogP contribution in [0.15, 0.2) is 6.07 Å².